The first-order valence-corrected chi connectivity index (χ1v) is 10.1. The van der Waals surface area contributed by atoms with Gasteiger partial charge in [-0.1, -0.05) is 12.1 Å². The third-order valence-electron chi connectivity index (χ3n) is 4.92. The van der Waals surface area contributed by atoms with Gasteiger partial charge >= 0.3 is 5.69 Å². The molecule has 0 bridgehead atoms. The van der Waals surface area contributed by atoms with Gasteiger partial charge in [0.2, 0.25) is 0 Å². The van der Waals surface area contributed by atoms with Crippen molar-refractivity contribution >= 4 is 33.4 Å². The van der Waals surface area contributed by atoms with Gasteiger partial charge in [0.05, 0.1) is 5.39 Å². The molecular formula is C21H18FN5O3S. The Hall–Kier alpha value is -3.66. The van der Waals surface area contributed by atoms with E-state index in [0.717, 1.165) is 15.0 Å². The van der Waals surface area contributed by atoms with Crippen molar-refractivity contribution in [1.29, 1.82) is 0 Å². The number of halogens is 1. The van der Waals surface area contributed by atoms with Gasteiger partial charge in [0, 0.05) is 31.6 Å². The number of anilines is 1. The lowest BCUT2D eigenvalue weighted by Gasteiger charge is -2.08. The minimum atomic E-state index is -0.528. The van der Waals surface area contributed by atoms with Crippen LogP contribution in [0.15, 0.2) is 46.1 Å². The van der Waals surface area contributed by atoms with Gasteiger partial charge in [-0.15, -0.1) is 11.3 Å². The molecule has 3 aromatic heterocycles. The number of benzene rings is 1. The van der Waals surface area contributed by atoms with Crippen LogP contribution in [0.4, 0.5) is 9.52 Å². The predicted octanol–water partition coefficient (Wildman–Crippen LogP) is 2.38. The summed E-state index contributed by atoms with van der Waals surface area (Å²) in [5.74, 6) is -0.778. The number of amides is 1. The van der Waals surface area contributed by atoms with E-state index in [2.05, 4.69) is 15.3 Å². The van der Waals surface area contributed by atoms with E-state index >= 15 is 0 Å². The minimum Gasteiger partial charge on any atom is -0.296 e. The van der Waals surface area contributed by atoms with Crippen LogP contribution in [-0.2, 0) is 20.5 Å². The van der Waals surface area contributed by atoms with Crippen LogP contribution in [0, 0.1) is 12.7 Å². The molecule has 0 fully saturated rings. The average molecular weight is 439 g/mol. The third-order valence-corrected chi connectivity index (χ3v) is 5.84. The second kappa shape index (κ2) is 7.88. The van der Waals surface area contributed by atoms with Gasteiger partial charge in [0.1, 0.15) is 17.2 Å². The number of carbonyl (C=O) groups excluding carboxylic acids is 1. The summed E-state index contributed by atoms with van der Waals surface area (Å²) in [6, 6.07) is 7.95. The van der Waals surface area contributed by atoms with E-state index in [4.69, 9.17) is 0 Å². The predicted molar refractivity (Wildman–Crippen MR) is 116 cm³/mol. The highest BCUT2D eigenvalue weighted by molar-refractivity contribution is 7.15. The molecule has 1 amide bonds. The van der Waals surface area contributed by atoms with Crippen LogP contribution in [0.25, 0.3) is 11.0 Å². The molecule has 31 heavy (non-hydrogen) atoms. The fraction of sp³-hybridized carbons (Fsp3) is 0.190. The molecular weight excluding hydrogens is 421 g/mol. The summed E-state index contributed by atoms with van der Waals surface area (Å²) in [5.41, 5.74) is 0.562. The van der Waals surface area contributed by atoms with Crippen LogP contribution in [0.1, 0.15) is 26.5 Å². The average Bonchev–Trinajstić information content (AvgIpc) is 3.19. The topological polar surface area (TPSA) is 98.9 Å². The zero-order valence-electron chi connectivity index (χ0n) is 17.0. The summed E-state index contributed by atoms with van der Waals surface area (Å²) in [5, 5.41) is 3.28. The smallest absolute Gasteiger partial charge is 0.296 e. The molecule has 0 atom stereocenters. The van der Waals surface area contributed by atoms with E-state index in [-0.39, 0.29) is 22.5 Å². The van der Waals surface area contributed by atoms with Crippen molar-refractivity contribution in [3.05, 3.63) is 84.9 Å². The summed E-state index contributed by atoms with van der Waals surface area (Å²) in [6.45, 7) is 1.70. The molecule has 0 aliphatic rings. The number of rotatable bonds is 4. The number of fused-ring (bicyclic) bond motifs is 1. The first kappa shape index (κ1) is 20.6. The minimum absolute atomic E-state index is 0.0492. The van der Waals surface area contributed by atoms with Gasteiger partial charge in [0.25, 0.3) is 11.5 Å². The quantitative estimate of drug-likeness (QED) is 0.526. The normalized spacial score (nSPS) is 11.1. The Morgan fingerprint density at radius 3 is 2.68 bits per heavy atom. The molecule has 1 aromatic carbocycles. The first-order chi connectivity index (χ1) is 14.7. The fourth-order valence-electron chi connectivity index (χ4n) is 3.14. The van der Waals surface area contributed by atoms with Crippen molar-refractivity contribution in [3.8, 4) is 0 Å². The lowest BCUT2D eigenvalue weighted by molar-refractivity contribution is 0.102. The molecule has 0 unspecified atom stereocenters. The molecule has 0 saturated heterocycles. The van der Waals surface area contributed by atoms with Gasteiger partial charge < -0.3 is 0 Å². The monoisotopic (exact) mass is 439 g/mol. The molecule has 0 saturated carbocycles. The highest BCUT2D eigenvalue weighted by Gasteiger charge is 2.15. The summed E-state index contributed by atoms with van der Waals surface area (Å²) in [7, 11) is 2.87. The lowest BCUT2D eigenvalue weighted by Crippen LogP contribution is -2.37. The van der Waals surface area contributed by atoms with Gasteiger partial charge in [0.15, 0.2) is 5.13 Å². The number of nitrogens with zero attached hydrogens (tertiary/aromatic N) is 4. The summed E-state index contributed by atoms with van der Waals surface area (Å²) in [6.07, 6.45) is 2.11. The summed E-state index contributed by atoms with van der Waals surface area (Å²) < 4.78 is 15.9. The Morgan fingerprint density at radius 2 is 1.94 bits per heavy atom. The lowest BCUT2D eigenvalue weighted by atomic mass is 10.1. The van der Waals surface area contributed by atoms with Crippen LogP contribution in [0.5, 0.6) is 0 Å². The van der Waals surface area contributed by atoms with E-state index in [9.17, 15) is 18.8 Å². The number of hydrogen-bond acceptors (Lipinski definition) is 6. The molecule has 4 rings (SSSR count). The molecule has 1 N–H and O–H groups in total. The second-order valence-electron chi connectivity index (χ2n) is 7.12. The van der Waals surface area contributed by atoms with Crippen LogP contribution < -0.4 is 16.6 Å². The molecule has 3 heterocycles. The molecule has 4 aromatic rings. The zero-order valence-corrected chi connectivity index (χ0v) is 17.8. The molecule has 0 radical (unpaired) electrons. The number of pyridine rings is 1. The van der Waals surface area contributed by atoms with Gasteiger partial charge in [-0.2, -0.15) is 0 Å². The van der Waals surface area contributed by atoms with Crippen molar-refractivity contribution in [2.75, 3.05) is 5.32 Å². The molecule has 0 aliphatic heterocycles. The molecule has 8 nitrogen and oxygen atoms in total. The zero-order chi connectivity index (χ0) is 22.3. The Kier molecular flexibility index (Phi) is 5.24. The second-order valence-corrected chi connectivity index (χ2v) is 8.23. The highest BCUT2D eigenvalue weighted by Crippen LogP contribution is 2.22. The van der Waals surface area contributed by atoms with Crippen molar-refractivity contribution in [3.63, 3.8) is 0 Å². The maximum atomic E-state index is 13.7. The molecule has 0 aliphatic carbocycles. The van der Waals surface area contributed by atoms with Crippen LogP contribution >= 0.6 is 11.3 Å². The summed E-state index contributed by atoms with van der Waals surface area (Å²) >= 11 is 1.27. The Morgan fingerprint density at radius 1 is 1.16 bits per heavy atom. The van der Waals surface area contributed by atoms with Gasteiger partial charge in [-0.05, 0) is 36.2 Å². The Bertz CT molecular complexity index is 1450. The first-order valence-electron chi connectivity index (χ1n) is 9.32. The van der Waals surface area contributed by atoms with Crippen molar-refractivity contribution in [1.82, 2.24) is 19.1 Å². The van der Waals surface area contributed by atoms with E-state index in [0.29, 0.717) is 17.1 Å². The maximum absolute atomic E-state index is 13.7. The van der Waals surface area contributed by atoms with Crippen LogP contribution in [0.3, 0.4) is 0 Å². The largest absolute Gasteiger partial charge is 0.332 e. The van der Waals surface area contributed by atoms with E-state index in [1.807, 2.05) is 6.07 Å². The van der Waals surface area contributed by atoms with Crippen LogP contribution in [-0.4, -0.2) is 25.0 Å². The van der Waals surface area contributed by atoms with Crippen molar-refractivity contribution in [2.24, 2.45) is 14.1 Å². The van der Waals surface area contributed by atoms with Gasteiger partial charge in [-0.3, -0.25) is 24.0 Å². The Balaban J connectivity index is 1.56. The van der Waals surface area contributed by atoms with Gasteiger partial charge in [-0.25, -0.2) is 19.2 Å². The number of nitrogens with one attached hydrogen (secondary N) is 1. The number of aromatic nitrogens is 4. The number of aryl methyl sites for hydroxylation is 2. The number of thiazole rings is 1. The third kappa shape index (κ3) is 3.89. The van der Waals surface area contributed by atoms with E-state index in [1.54, 1.807) is 19.2 Å². The van der Waals surface area contributed by atoms with Crippen molar-refractivity contribution in [2.45, 2.75) is 13.3 Å². The standard InChI is InChI=1S/C21H18FN5O3S/c1-11-4-5-12(9-15(11)22)8-13-10-23-20(31-13)25-18(28)16-7-6-14-17(24-16)26(2)21(30)27(3)19(14)29/h4-7,9-10H,8H2,1-3H3,(H,23,25,28). The maximum Gasteiger partial charge on any atom is 0.332 e. The number of hydrogen-bond donors (Lipinski definition) is 1. The fourth-order valence-corrected chi connectivity index (χ4v) is 3.98. The molecule has 158 valence electrons. The van der Waals surface area contributed by atoms with E-state index < -0.39 is 17.2 Å². The SMILES string of the molecule is Cc1ccc(Cc2cnc(NC(=O)c3ccc4c(=O)n(C)c(=O)n(C)c4n3)s2)cc1F. The number of carbonyl (C=O) groups is 1. The van der Waals surface area contributed by atoms with Crippen molar-refractivity contribution < 1.29 is 9.18 Å². The summed E-state index contributed by atoms with van der Waals surface area (Å²) in [4.78, 5) is 46.2. The molecule has 10 heteroatoms. The molecule has 0 spiro atoms. The highest BCUT2D eigenvalue weighted by atomic mass is 32.1. The van der Waals surface area contributed by atoms with Crippen LogP contribution in [0.2, 0.25) is 0 Å². The Labute approximate surface area is 179 Å². The van der Waals surface area contributed by atoms with E-state index in [1.165, 1.54) is 48.2 Å².